The molecule has 0 fully saturated rings. The Hall–Kier alpha value is -1.47. The Morgan fingerprint density at radius 2 is 1.56 bits per heavy atom. The molecule has 0 radical (unpaired) electrons. The Bertz CT molecular complexity index is 905. The Morgan fingerprint density at radius 3 is 2.00 bits per heavy atom. The molecule has 2 aromatic carbocycles. The van der Waals surface area contributed by atoms with Crippen LogP contribution in [0.1, 0.15) is 27.4 Å². The van der Waals surface area contributed by atoms with Crippen LogP contribution in [0.2, 0.25) is 20.1 Å². The zero-order valence-electron chi connectivity index (χ0n) is 13.1. The SMILES string of the molecule is NC(=O)c1ccc(/C(F)=C/C(c2cc(Cl)c(Cl)c(Cl)c2)C(F)(F)F)cc1Cl. The van der Waals surface area contributed by atoms with Gasteiger partial charge in [0.2, 0.25) is 5.91 Å². The van der Waals surface area contributed by atoms with Crippen molar-refractivity contribution in [2.24, 2.45) is 5.73 Å². The smallest absolute Gasteiger partial charge is 0.366 e. The van der Waals surface area contributed by atoms with Crippen molar-refractivity contribution in [3.05, 3.63) is 73.2 Å². The van der Waals surface area contributed by atoms with Gasteiger partial charge in [-0.25, -0.2) is 4.39 Å². The summed E-state index contributed by atoms with van der Waals surface area (Å²) in [5.74, 6) is -4.41. The van der Waals surface area contributed by atoms with Gasteiger partial charge in [0.1, 0.15) is 11.7 Å². The first kappa shape index (κ1) is 21.8. The lowest BCUT2D eigenvalue weighted by Crippen LogP contribution is -2.19. The fourth-order valence-electron chi connectivity index (χ4n) is 2.24. The first-order chi connectivity index (χ1) is 12.4. The Balaban J connectivity index is 2.53. The Morgan fingerprint density at radius 1 is 1.00 bits per heavy atom. The average Bonchev–Trinajstić information content (AvgIpc) is 2.55. The van der Waals surface area contributed by atoms with E-state index in [1.165, 1.54) is 0 Å². The summed E-state index contributed by atoms with van der Waals surface area (Å²) >= 11 is 23.1. The van der Waals surface area contributed by atoms with Gasteiger partial charge in [0.15, 0.2) is 0 Å². The van der Waals surface area contributed by atoms with Gasteiger partial charge in [-0.05, 0) is 35.9 Å². The molecule has 0 aliphatic heterocycles. The highest BCUT2D eigenvalue weighted by atomic mass is 35.5. The molecule has 0 spiro atoms. The van der Waals surface area contributed by atoms with Crippen molar-refractivity contribution >= 4 is 58.1 Å². The van der Waals surface area contributed by atoms with Crippen molar-refractivity contribution in [2.45, 2.75) is 12.1 Å². The third kappa shape index (κ3) is 5.08. The number of rotatable bonds is 4. The van der Waals surface area contributed by atoms with Crippen LogP contribution in [0, 0.1) is 0 Å². The monoisotopic (exact) mass is 459 g/mol. The lowest BCUT2D eigenvalue weighted by molar-refractivity contribution is -0.139. The molecule has 1 atom stereocenters. The molecule has 0 aromatic heterocycles. The molecule has 1 unspecified atom stereocenters. The van der Waals surface area contributed by atoms with Gasteiger partial charge >= 0.3 is 6.18 Å². The number of hydrogen-bond acceptors (Lipinski definition) is 1. The average molecular weight is 461 g/mol. The van der Waals surface area contributed by atoms with Crippen molar-refractivity contribution < 1.29 is 22.4 Å². The highest BCUT2D eigenvalue weighted by molar-refractivity contribution is 6.48. The first-order valence-corrected chi connectivity index (χ1v) is 8.61. The van der Waals surface area contributed by atoms with Crippen molar-refractivity contribution in [1.82, 2.24) is 0 Å². The van der Waals surface area contributed by atoms with Crippen LogP contribution >= 0.6 is 46.4 Å². The van der Waals surface area contributed by atoms with E-state index in [-0.39, 0.29) is 31.2 Å². The quantitative estimate of drug-likeness (QED) is 0.385. The van der Waals surface area contributed by atoms with E-state index in [1.807, 2.05) is 0 Å². The fraction of sp³-hybridized carbons (Fsp3) is 0.118. The second-order valence-electron chi connectivity index (χ2n) is 5.39. The number of amides is 1. The number of carbonyl (C=O) groups is 1. The second-order valence-corrected chi connectivity index (χ2v) is 6.99. The summed E-state index contributed by atoms with van der Waals surface area (Å²) in [5.41, 5.74) is 4.34. The fourth-order valence-corrected chi connectivity index (χ4v) is 3.13. The molecule has 10 heteroatoms. The number of allylic oxidation sites excluding steroid dienone is 1. The Kier molecular flexibility index (Phi) is 6.68. The van der Waals surface area contributed by atoms with Crippen LogP contribution in [0.3, 0.4) is 0 Å². The number of hydrogen-bond donors (Lipinski definition) is 1. The molecule has 2 nitrogen and oxygen atoms in total. The van der Waals surface area contributed by atoms with E-state index >= 15 is 0 Å². The van der Waals surface area contributed by atoms with Gasteiger partial charge < -0.3 is 5.73 Å². The minimum atomic E-state index is -4.84. The zero-order valence-corrected chi connectivity index (χ0v) is 16.1. The lowest BCUT2D eigenvalue weighted by Gasteiger charge is -2.19. The van der Waals surface area contributed by atoms with Crippen LogP contribution in [-0.4, -0.2) is 12.1 Å². The molecule has 1 amide bonds. The van der Waals surface area contributed by atoms with Crippen LogP contribution in [0.5, 0.6) is 0 Å². The van der Waals surface area contributed by atoms with E-state index in [0.29, 0.717) is 6.08 Å². The second kappa shape index (κ2) is 8.27. The molecule has 0 bridgehead atoms. The molecule has 2 aromatic rings. The third-order valence-corrected chi connectivity index (χ3v) is 5.05. The number of alkyl halides is 3. The molecule has 2 N–H and O–H groups in total. The summed E-state index contributed by atoms with van der Waals surface area (Å²) in [7, 11) is 0. The maximum absolute atomic E-state index is 14.5. The predicted molar refractivity (Wildman–Crippen MR) is 99.3 cm³/mol. The summed E-state index contributed by atoms with van der Waals surface area (Å²) in [4.78, 5) is 11.1. The third-order valence-electron chi connectivity index (χ3n) is 3.54. The zero-order chi connectivity index (χ0) is 20.5. The largest absolute Gasteiger partial charge is 0.399 e. The number of carbonyl (C=O) groups excluding carboxylic acids is 1. The predicted octanol–water partition coefficient (Wildman–Crippen LogP) is 7.06. The number of benzene rings is 2. The van der Waals surface area contributed by atoms with E-state index < -0.39 is 29.4 Å². The van der Waals surface area contributed by atoms with Crippen LogP contribution in [0.25, 0.3) is 5.83 Å². The van der Waals surface area contributed by atoms with E-state index in [0.717, 1.165) is 30.3 Å². The summed E-state index contributed by atoms with van der Waals surface area (Å²) in [6.07, 6.45) is -4.49. The van der Waals surface area contributed by atoms with Crippen molar-refractivity contribution in [2.75, 3.05) is 0 Å². The Labute approximate surface area is 171 Å². The number of halogens is 8. The standard InChI is InChI=1S/C17H9Cl4F4NO/c18-11-3-7(1-2-9(11)16(26)27)14(22)6-10(17(23,24)25)8-4-12(19)15(21)13(20)5-8/h1-6,10H,(H2,26,27)/b14-6-. The van der Waals surface area contributed by atoms with Crippen LogP contribution in [0.15, 0.2) is 36.4 Å². The van der Waals surface area contributed by atoms with Gasteiger partial charge in [0.05, 0.1) is 25.7 Å². The van der Waals surface area contributed by atoms with Crippen molar-refractivity contribution in [3.8, 4) is 0 Å². The molecular formula is C17H9Cl4F4NO. The maximum Gasteiger partial charge on any atom is 0.399 e. The topological polar surface area (TPSA) is 43.1 Å². The summed E-state index contributed by atoms with van der Waals surface area (Å²) in [5, 5.41) is -0.696. The number of nitrogens with two attached hydrogens (primary N) is 1. The minimum absolute atomic E-state index is 0.0862. The molecular weight excluding hydrogens is 452 g/mol. The van der Waals surface area contributed by atoms with Gasteiger partial charge in [-0.15, -0.1) is 0 Å². The molecule has 144 valence electrons. The van der Waals surface area contributed by atoms with Gasteiger partial charge in [-0.1, -0.05) is 52.5 Å². The normalized spacial score (nSPS) is 13.6. The van der Waals surface area contributed by atoms with E-state index in [2.05, 4.69) is 0 Å². The molecule has 0 aliphatic carbocycles. The van der Waals surface area contributed by atoms with Crippen molar-refractivity contribution in [1.29, 1.82) is 0 Å². The lowest BCUT2D eigenvalue weighted by atomic mass is 9.96. The van der Waals surface area contributed by atoms with Crippen LogP contribution in [-0.2, 0) is 0 Å². The minimum Gasteiger partial charge on any atom is -0.366 e. The summed E-state index contributed by atoms with van der Waals surface area (Å²) in [6.45, 7) is 0. The summed E-state index contributed by atoms with van der Waals surface area (Å²) < 4.78 is 54.9. The molecule has 0 aliphatic rings. The van der Waals surface area contributed by atoms with Gasteiger partial charge in [0.25, 0.3) is 0 Å². The van der Waals surface area contributed by atoms with E-state index in [4.69, 9.17) is 52.1 Å². The molecule has 2 rings (SSSR count). The maximum atomic E-state index is 14.5. The van der Waals surface area contributed by atoms with E-state index in [1.54, 1.807) is 0 Å². The molecule has 0 heterocycles. The van der Waals surface area contributed by atoms with Gasteiger partial charge in [-0.2, -0.15) is 13.2 Å². The van der Waals surface area contributed by atoms with E-state index in [9.17, 15) is 22.4 Å². The van der Waals surface area contributed by atoms with Gasteiger partial charge in [0, 0.05) is 5.56 Å². The first-order valence-electron chi connectivity index (χ1n) is 7.10. The summed E-state index contributed by atoms with van der Waals surface area (Å²) in [6, 6.07) is 5.13. The highest BCUT2D eigenvalue weighted by Gasteiger charge is 2.40. The van der Waals surface area contributed by atoms with Crippen LogP contribution < -0.4 is 5.73 Å². The van der Waals surface area contributed by atoms with Crippen LogP contribution in [0.4, 0.5) is 17.6 Å². The molecule has 0 saturated heterocycles. The van der Waals surface area contributed by atoms with Gasteiger partial charge in [-0.3, -0.25) is 4.79 Å². The number of primary amides is 1. The molecule has 0 saturated carbocycles. The highest BCUT2D eigenvalue weighted by Crippen LogP contribution is 2.42. The van der Waals surface area contributed by atoms with Crippen molar-refractivity contribution in [3.63, 3.8) is 0 Å². The molecule has 27 heavy (non-hydrogen) atoms.